The van der Waals surface area contributed by atoms with Crippen LogP contribution in [0.15, 0.2) is 54.6 Å². The molecule has 0 saturated carbocycles. The molecule has 0 fully saturated rings. The van der Waals surface area contributed by atoms with Crippen LogP contribution in [0.4, 0.5) is 0 Å². The molecule has 1 amide bonds. The van der Waals surface area contributed by atoms with Gasteiger partial charge in [0.25, 0.3) is 0 Å². The fourth-order valence-electron chi connectivity index (χ4n) is 2.70. The van der Waals surface area contributed by atoms with Gasteiger partial charge in [-0.15, -0.1) is 0 Å². The van der Waals surface area contributed by atoms with E-state index in [1.807, 2.05) is 6.07 Å². The molecule has 0 heterocycles. The van der Waals surface area contributed by atoms with Crippen molar-refractivity contribution < 1.29 is 28.7 Å². The molecule has 2 aromatic carbocycles. The smallest absolute Gasteiger partial charge is 0.328 e. The molecule has 2 aromatic rings. The first-order valence-electron chi connectivity index (χ1n) is 9.07. The number of methoxy groups -OCH3 is 2. The van der Waals surface area contributed by atoms with Crippen molar-refractivity contribution >= 4 is 23.6 Å². The molecule has 0 radical (unpaired) electrons. The normalized spacial score (nSPS) is 11.2. The van der Waals surface area contributed by atoms with Crippen LogP contribution < -0.4 is 5.32 Å². The third-order valence-electron chi connectivity index (χ3n) is 4.30. The SMILES string of the molecule is COC(=O)CCC(=O)N[C@@H](Cc1ccc(C(=O)c2ccccc2)cc1)C(=O)OC. The number of ether oxygens (including phenoxy) is 2. The molecule has 0 aromatic heterocycles. The van der Waals surface area contributed by atoms with Crippen LogP contribution in [0.2, 0.25) is 0 Å². The van der Waals surface area contributed by atoms with Gasteiger partial charge in [-0.25, -0.2) is 4.79 Å². The average molecular weight is 397 g/mol. The highest BCUT2D eigenvalue weighted by atomic mass is 16.5. The zero-order chi connectivity index (χ0) is 21.2. The topological polar surface area (TPSA) is 98.8 Å². The second-order valence-electron chi connectivity index (χ2n) is 6.32. The molecule has 0 spiro atoms. The van der Waals surface area contributed by atoms with Gasteiger partial charge >= 0.3 is 11.9 Å². The summed E-state index contributed by atoms with van der Waals surface area (Å²) in [5, 5.41) is 2.57. The lowest BCUT2D eigenvalue weighted by Gasteiger charge is -2.16. The standard InChI is InChI=1S/C22H23NO6/c1-28-20(25)13-12-19(24)23-18(22(27)29-2)14-15-8-10-17(11-9-15)21(26)16-6-4-3-5-7-16/h3-11,18H,12-14H2,1-2H3,(H,23,24)/t18-/m0/s1. The maximum Gasteiger partial charge on any atom is 0.328 e. The Morgan fingerprint density at radius 1 is 0.828 bits per heavy atom. The van der Waals surface area contributed by atoms with Crippen LogP contribution in [0.5, 0.6) is 0 Å². The number of carbonyl (C=O) groups is 4. The maximum atomic E-state index is 12.5. The number of nitrogens with one attached hydrogen (secondary N) is 1. The van der Waals surface area contributed by atoms with Crippen molar-refractivity contribution in [3.8, 4) is 0 Å². The highest BCUT2D eigenvalue weighted by molar-refractivity contribution is 6.08. The lowest BCUT2D eigenvalue weighted by atomic mass is 9.99. The Labute approximate surface area is 169 Å². The summed E-state index contributed by atoms with van der Waals surface area (Å²) in [7, 11) is 2.47. The minimum Gasteiger partial charge on any atom is -0.469 e. The first kappa shape index (κ1) is 21.8. The molecular weight excluding hydrogens is 374 g/mol. The molecule has 7 nitrogen and oxygen atoms in total. The van der Waals surface area contributed by atoms with Gasteiger partial charge < -0.3 is 14.8 Å². The molecule has 7 heteroatoms. The van der Waals surface area contributed by atoms with E-state index in [0.29, 0.717) is 11.1 Å². The Morgan fingerprint density at radius 2 is 1.45 bits per heavy atom. The number of carbonyl (C=O) groups excluding carboxylic acids is 4. The van der Waals surface area contributed by atoms with E-state index in [-0.39, 0.29) is 25.0 Å². The van der Waals surface area contributed by atoms with Crippen LogP contribution in [0.25, 0.3) is 0 Å². The van der Waals surface area contributed by atoms with Gasteiger partial charge in [0.05, 0.1) is 20.6 Å². The largest absolute Gasteiger partial charge is 0.469 e. The van der Waals surface area contributed by atoms with Gasteiger partial charge in [0, 0.05) is 24.0 Å². The van der Waals surface area contributed by atoms with E-state index >= 15 is 0 Å². The van der Waals surface area contributed by atoms with Crippen molar-refractivity contribution in [1.82, 2.24) is 5.32 Å². The predicted molar refractivity (Wildman–Crippen MR) is 105 cm³/mol. The molecule has 0 aliphatic rings. The number of ketones is 1. The fraction of sp³-hybridized carbons (Fsp3) is 0.273. The van der Waals surface area contributed by atoms with Crippen molar-refractivity contribution in [2.24, 2.45) is 0 Å². The molecule has 1 atom stereocenters. The third kappa shape index (κ3) is 6.57. The number of hydrogen-bond acceptors (Lipinski definition) is 6. The van der Waals surface area contributed by atoms with Gasteiger partial charge in [-0.1, -0.05) is 54.6 Å². The van der Waals surface area contributed by atoms with Crippen molar-refractivity contribution in [3.05, 3.63) is 71.3 Å². The maximum absolute atomic E-state index is 12.5. The quantitative estimate of drug-likeness (QED) is 0.514. The summed E-state index contributed by atoms with van der Waals surface area (Å²) in [5.41, 5.74) is 1.86. The zero-order valence-corrected chi connectivity index (χ0v) is 16.3. The summed E-state index contributed by atoms with van der Waals surface area (Å²) < 4.78 is 9.25. The summed E-state index contributed by atoms with van der Waals surface area (Å²) in [6.45, 7) is 0. The van der Waals surface area contributed by atoms with Gasteiger partial charge in [0.15, 0.2) is 5.78 Å². The van der Waals surface area contributed by atoms with Crippen LogP contribution in [0.3, 0.4) is 0 Å². The molecular formula is C22H23NO6. The first-order chi connectivity index (χ1) is 13.9. The summed E-state index contributed by atoms with van der Waals surface area (Å²) >= 11 is 0. The number of amides is 1. The molecule has 152 valence electrons. The second-order valence-corrected chi connectivity index (χ2v) is 6.32. The van der Waals surface area contributed by atoms with E-state index in [0.717, 1.165) is 5.56 Å². The Hall–Kier alpha value is -3.48. The van der Waals surface area contributed by atoms with E-state index in [1.54, 1.807) is 48.5 Å². The van der Waals surface area contributed by atoms with Crippen LogP contribution >= 0.6 is 0 Å². The molecule has 1 N–H and O–H groups in total. The molecule has 0 aliphatic carbocycles. The fourth-order valence-corrected chi connectivity index (χ4v) is 2.70. The van der Waals surface area contributed by atoms with Gasteiger partial charge in [-0.05, 0) is 5.56 Å². The van der Waals surface area contributed by atoms with Gasteiger partial charge in [0.2, 0.25) is 5.91 Å². The minimum atomic E-state index is -0.902. The molecule has 29 heavy (non-hydrogen) atoms. The highest BCUT2D eigenvalue weighted by Crippen LogP contribution is 2.13. The predicted octanol–water partition coefficient (Wildman–Crippen LogP) is 2.07. The van der Waals surface area contributed by atoms with Crippen LogP contribution in [0, 0.1) is 0 Å². The Bertz CT molecular complexity index is 861. The molecule has 0 saturated heterocycles. The van der Waals surface area contributed by atoms with E-state index in [9.17, 15) is 19.2 Å². The van der Waals surface area contributed by atoms with Crippen LogP contribution in [-0.2, 0) is 30.3 Å². The van der Waals surface area contributed by atoms with Gasteiger partial charge in [0.1, 0.15) is 6.04 Å². The number of esters is 2. The summed E-state index contributed by atoms with van der Waals surface area (Å²) in [5.74, 6) is -1.66. The van der Waals surface area contributed by atoms with Crippen LogP contribution in [0.1, 0.15) is 34.3 Å². The monoisotopic (exact) mass is 397 g/mol. The minimum absolute atomic E-state index is 0.0769. The zero-order valence-electron chi connectivity index (χ0n) is 16.3. The molecule has 2 rings (SSSR count). The van der Waals surface area contributed by atoms with E-state index < -0.39 is 23.9 Å². The highest BCUT2D eigenvalue weighted by Gasteiger charge is 2.22. The van der Waals surface area contributed by atoms with Gasteiger partial charge in [-0.3, -0.25) is 14.4 Å². The summed E-state index contributed by atoms with van der Waals surface area (Å²) in [6.07, 6.45) is 0.0215. The van der Waals surface area contributed by atoms with Crippen LogP contribution in [-0.4, -0.2) is 43.9 Å². The average Bonchev–Trinajstić information content (AvgIpc) is 2.77. The number of benzene rings is 2. The number of hydrogen-bond donors (Lipinski definition) is 1. The Kier molecular flexibility index (Phi) is 8.09. The summed E-state index contributed by atoms with van der Waals surface area (Å²) in [6, 6.07) is 14.8. The Morgan fingerprint density at radius 3 is 2.03 bits per heavy atom. The molecule has 0 aliphatic heterocycles. The Balaban J connectivity index is 2.03. The first-order valence-corrected chi connectivity index (χ1v) is 9.07. The lowest BCUT2D eigenvalue weighted by molar-refractivity contribution is -0.145. The van der Waals surface area contributed by atoms with E-state index in [4.69, 9.17) is 4.74 Å². The number of rotatable bonds is 9. The lowest BCUT2D eigenvalue weighted by Crippen LogP contribution is -2.43. The molecule has 0 unspecified atom stereocenters. The molecule has 0 bridgehead atoms. The van der Waals surface area contributed by atoms with E-state index in [2.05, 4.69) is 10.1 Å². The van der Waals surface area contributed by atoms with Crippen molar-refractivity contribution in [1.29, 1.82) is 0 Å². The third-order valence-corrected chi connectivity index (χ3v) is 4.30. The van der Waals surface area contributed by atoms with E-state index in [1.165, 1.54) is 14.2 Å². The summed E-state index contributed by atoms with van der Waals surface area (Å²) in [4.78, 5) is 47.7. The second kappa shape index (κ2) is 10.8. The van der Waals surface area contributed by atoms with Gasteiger partial charge in [-0.2, -0.15) is 0 Å². The van der Waals surface area contributed by atoms with Crippen molar-refractivity contribution in [2.45, 2.75) is 25.3 Å². The van der Waals surface area contributed by atoms with Crippen molar-refractivity contribution in [3.63, 3.8) is 0 Å². The van der Waals surface area contributed by atoms with Crippen molar-refractivity contribution in [2.75, 3.05) is 14.2 Å².